The molecule has 0 N–H and O–H groups in total. The highest BCUT2D eigenvalue weighted by molar-refractivity contribution is 6.35. The van der Waals surface area contributed by atoms with Crippen LogP contribution in [0.15, 0.2) is 0 Å². The molecule has 0 nitrogen and oxygen atoms in total. The van der Waals surface area contributed by atoms with Gasteiger partial charge in [-0.15, -0.1) is 0 Å². The smallest absolute Gasteiger partial charge is 0.171 e. The van der Waals surface area contributed by atoms with Crippen molar-refractivity contribution in [1.82, 2.24) is 0 Å². The Labute approximate surface area is 74.4 Å². The minimum absolute atomic E-state index is 0.313. The summed E-state index contributed by atoms with van der Waals surface area (Å²) in [5, 5.41) is 0. The molecule has 0 unspecified atom stereocenters. The van der Waals surface area contributed by atoms with Gasteiger partial charge in [0.1, 0.15) is 0 Å². The van der Waals surface area contributed by atoms with Gasteiger partial charge in [-0.3, -0.25) is 0 Å². The fourth-order valence-electron chi connectivity index (χ4n) is 0.723. The molecule has 0 fully saturated rings. The minimum Gasteiger partial charge on any atom is -0.171 e. The number of rotatable bonds is 5. The molecule has 0 spiro atoms. The van der Waals surface area contributed by atoms with Crippen molar-refractivity contribution in [2.75, 3.05) is 0 Å². The summed E-state index contributed by atoms with van der Waals surface area (Å²) in [4.78, 5) is 0. The molecular formula is C8H15F3Si. The van der Waals surface area contributed by atoms with Crippen molar-refractivity contribution in [3.8, 4) is 0 Å². The van der Waals surface area contributed by atoms with E-state index in [1.54, 1.807) is 0 Å². The number of halogens is 3. The molecule has 72 valence electrons. The zero-order valence-corrected chi connectivity index (χ0v) is 8.54. The van der Waals surface area contributed by atoms with Gasteiger partial charge in [0.25, 0.3) is 0 Å². The Hall–Kier alpha value is 0.00688. The summed E-state index contributed by atoms with van der Waals surface area (Å²) in [5.41, 5.74) is 0. The van der Waals surface area contributed by atoms with Crippen molar-refractivity contribution in [2.24, 2.45) is 5.92 Å². The first-order chi connectivity index (χ1) is 5.45. The predicted octanol–water partition coefficient (Wildman–Crippen LogP) is 3.53. The van der Waals surface area contributed by atoms with Gasteiger partial charge in [-0.05, 0) is 5.92 Å². The molecular weight excluding hydrogens is 181 g/mol. The normalized spacial score (nSPS) is 14.8. The third kappa shape index (κ3) is 8.11. The van der Waals surface area contributed by atoms with E-state index in [0.717, 1.165) is 12.5 Å². The number of alkyl halides is 3. The van der Waals surface area contributed by atoms with Crippen LogP contribution < -0.4 is 0 Å². The summed E-state index contributed by atoms with van der Waals surface area (Å²) < 4.78 is 35.0. The van der Waals surface area contributed by atoms with E-state index in [0.29, 0.717) is 21.5 Å². The summed E-state index contributed by atoms with van der Waals surface area (Å²) in [5.74, 6) is 0.580. The van der Waals surface area contributed by atoms with E-state index < -0.39 is 12.6 Å². The molecule has 2 radical (unpaired) electrons. The molecule has 0 rings (SSSR count). The maximum Gasteiger partial charge on any atom is 0.388 e. The third-order valence-corrected chi connectivity index (χ3v) is 3.36. The molecule has 0 saturated heterocycles. The van der Waals surface area contributed by atoms with E-state index >= 15 is 0 Å². The molecule has 0 heterocycles. The summed E-state index contributed by atoms with van der Waals surface area (Å²) in [6.45, 7) is 4.15. The molecule has 0 saturated carbocycles. The molecule has 0 aliphatic carbocycles. The van der Waals surface area contributed by atoms with Crippen LogP contribution in [0.1, 0.15) is 26.7 Å². The van der Waals surface area contributed by atoms with E-state index in [1.165, 1.54) is 0 Å². The van der Waals surface area contributed by atoms with Gasteiger partial charge in [0.2, 0.25) is 0 Å². The molecule has 0 bridgehead atoms. The van der Waals surface area contributed by atoms with Crippen LogP contribution in [-0.4, -0.2) is 15.7 Å². The summed E-state index contributed by atoms with van der Waals surface area (Å²) >= 11 is 0. The zero-order chi connectivity index (χ0) is 9.61. The van der Waals surface area contributed by atoms with Crippen molar-refractivity contribution in [2.45, 2.75) is 45.0 Å². The monoisotopic (exact) mass is 196 g/mol. The van der Waals surface area contributed by atoms with Gasteiger partial charge in [-0.25, -0.2) is 0 Å². The lowest BCUT2D eigenvalue weighted by Gasteiger charge is -2.08. The van der Waals surface area contributed by atoms with Crippen LogP contribution in [-0.2, 0) is 0 Å². The quantitative estimate of drug-likeness (QED) is 0.466. The lowest BCUT2D eigenvalue weighted by Crippen LogP contribution is -2.09. The van der Waals surface area contributed by atoms with Crippen molar-refractivity contribution in [1.29, 1.82) is 0 Å². The highest BCUT2D eigenvalue weighted by Gasteiger charge is 2.25. The Morgan fingerprint density at radius 2 is 1.92 bits per heavy atom. The fourth-order valence-corrected chi connectivity index (χ4v) is 2.17. The molecule has 1 atom stereocenters. The SMILES string of the molecule is CC[C@H](C)C[Si]CCC(F)(F)F. The molecule has 4 heteroatoms. The van der Waals surface area contributed by atoms with E-state index in [1.807, 2.05) is 0 Å². The number of hydrogen-bond donors (Lipinski definition) is 0. The summed E-state index contributed by atoms with van der Waals surface area (Å²) in [6.07, 6.45) is -3.50. The van der Waals surface area contributed by atoms with E-state index in [-0.39, 0.29) is 0 Å². The molecule has 0 amide bonds. The zero-order valence-electron chi connectivity index (χ0n) is 7.54. The Morgan fingerprint density at radius 1 is 1.33 bits per heavy atom. The maximum atomic E-state index is 11.7. The van der Waals surface area contributed by atoms with Gasteiger partial charge in [0.05, 0.1) is 0 Å². The van der Waals surface area contributed by atoms with Crippen LogP contribution in [0.25, 0.3) is 0 Å². The molecule has 12 heavy (non-hydrogen) atoms. The first-order valence-electron chi connectivity index (χ1n) is 4.23. The molecule has 0 aliphatic rings. The number of hydrogen-bond acceptors (Lipinski definition) is 0. The van der Waals surface area contributed by atoms with Crippen LogP contribution >= 0.6 is 0 Å². The molecule has 0 aromatic heterocycles. The molecule has 0 aromatic rings. The Bertz CT molecular complexity index is 111. The first kappa shape index (κ1) is 12.0. The third-order valence-electron chi connectivity index (χ3n) is 1.77. The van der Waals surface area contributed by atoms with Crippen LogP contribution in [0, 0.1) is 5.92 Å². The largest absolute Gasteiger partial charge is 0.388 e. The van der Waals surface area contributed by atoms with Crippen molar-refractivity contribution >= 4 is 9.52 Å². The molecule has 0 aromatic carbocycles. The maximum absolute atomic E-state index is 11.7. The van der Waals surface area contributed by atoms with Crippen LogP contribution in [0.3, 0.4) is 0 Å². The highest BCUT2D eigenvalue weighted by atomic mass is 28.2. The molecule has 0 aliphatic heterocycles. The highest BCUT2D eigenvalue weighted by Crippen LogP contribution is 2.22. The second-order valence-corrected chi connectivity index (χ2v) is 4.49. The topological polar surface area (TPSA) is 0 Å². The first-order valence-corrected chi connectivity index (χ1v) is 5.64. The fraction of sp³-hybridized carbons (Fsp3) is 1.00. The van der Waals surface area contributed by atoms with E-state index in [9.17, 15) is 13.2 Å². The van der Waals surface area contributed by atoms with Crippen molar-refractivity contribution in [3.05, 3.63) is 0 Å². The second kappa shape index (κ2) is 5.62. The van der Waals surface area contributed by atoms with Gasteiger partial charge < -0.3 is 0 Å². The van der Waals surface area contributed by atoms with Gasteiger partial charge in [0, 0.05) is 15.9 Å². The lowest BCUT2D eigenvalue weighted by atomic mass is 10.2. The standard InChI is InChI=1S/C8H15F3Si/c1-3-7(2)6-12-5-4-8(9,10)11/h7H,3-6H2,1-2H3/t7-/m0/s1. The van der Waals surface area contributed by atoms with Gasteiger partial charge >= 0.3 is 6.18 Å². The van der Waals surface area contributed by atoms with Crippen molar-refractivity contribution < 1.29 is 13.2 Å². The van der Waals surface area contributed by atoms with E-state index in [4.69, 9.17) is 0 Å². The van der Waals surface area contributed by atoms with Crippen LogP contribution in [0.5, 0.6) is 0 Å². The van der Waals surface area contributed by atoms with Gasteiger partial charge in [0.15, 0.2) is 0 Å². The summed E-state index contributed by atoms with van der Waals surface area (Å²) in [7, 11) is 0.473. The Kier molecular flexibility index (Phi) is 5.62. The average molecular weight is 196 g/mol. The van der Waals surface area contributed by atoms with Crippen LogP contribution in [0.4, 0.5) is 13.2 Å². The predicted molar refractivity (Wildman–Crippen MR) is 45.5 cm³/mol. The second-order valence-electron chi connectivity index (χ2n) is 3.08. The lowest BCUT2D eigenvalue weighted by molar-refractivity contribution is -0.130. The minimum atomic E-state index is -3.96. The van der Waals surface area contributed by atoms with E-state index in [2.05, 4.69) is 13.8 Å². The Morgan fingerprint density at radius 3 is 2.33 bits per heavy atom. The Balaban J connectivity index is 3.22. The van der Waals surface area contributed by atoms with Gasteiger partial charge in [-0.1, -0.05) is 32.4 Å². The van der Waals surface area contributed by atoms with Crippen molar-refractivity contribution in [3.63, 3.8) is 0 Å². The average Bonchev–Trinajstić information content (AvgIpc) is 1.96. The van der Waals surface area contributed by atoms with Crippen LogP contribution in [0.2, 0.25) is 12.1 Å². The summed E-state index contributed by atoms with van der Waals surface area (Å²) in [6, 6.07) is 1.26. The van der Waals surface area contributed by atoms with Gasteiger partial charge in [-0.2, -0.15) is 13.2 Å².